The molecule has 1 aliphatic carbocycles. The van der Waals surface area contributed by atoms with Crippen molar-refractivity contribution < 1.29 is 0 Å². The molecule has 1 aromatic carbocycles. The molecular formula is C14H14N2O2. The van der Waals surface area contributed by atoms with Crippen molar-refractivity contribution in [3.05, 3.63) is 68.0 Å². The Morgan fingerprint density at radius 3 is 2.78 bits per heavy atom. The maximum Gasteiger partial charge on any atom is 0.328 e. The van der Waals surface area contributed by atoms with Crippen LogP contribution in [0.3, 0.4) is 0 Å². The molecule has 0 atom stereocenters. The van der Waals surface area contributed by atoms with Crippen molar-refractivity contribution in [1.29, 1.82) is 0 Å². The van der Waals surface area contributed by atoms with E-state index >= 15 is 0 Å². The van der Waals surface area contributed by atoms with Crippen LogP contribution in [-0.2, 0) is 19.4 Å². The quantitative estimate of drug-likeness (QED) is 0.856. The van der Waals surface area contributed by atoms with Crippen molar-refractivity contribution in [3.8, 4) is 0 Å². The van der Waals surface area contributed by atoms with Gasteiger partial charge in [0.2, 0.25) is 0 Å². The zero-order valence-electron chi connectivity index (χ0n) is 9.98. The maximum atomic E-state index is 11.6. The lowest BCUT2D eigenvalue weighted by Gasteiger charge is -2.07. The lowest BCUT2D eigenvalue weighted by atomic mass is 10.1. The number of aromatic amines is 1. The monoisotopic (exact) mass is 242 g/mol. The molecule has 0 unspecified atom stereocenters. The Morgan fingerprint density at radius 2 is 1.94 bits per heavy atom. The molecule has 1 heterocycles. The van der Waals surface area contributed by atoms with Gasteiger partial charge in [0, 0.05) is 12.3 Å². The van der Waals surface area contributed by atoms with Crippen LogP contribution in [-0.4, -0.2) is 9.55 Å². The first-order chi connectivity index (χ1) is 8.72. The minimum Gasteiger partial charge on any atom is -0.296 e. The Labute approximate surface area is 104 Å². The van der Waals surface area contributed by atoms with Gasteiger partial charge in [-0.3, -0.25) is 14.3 Å². The third-order valence-corrected chi connectivity index (χ3v) is 3.41. The molecule has 1 N–H and O–H groups in total. The van der Waals surface area contributed by atoms with Crippen LogP contribution in [0, 0.1) is 0 Å². The average Bonchev–Trinajstić information content (AvgIpc) is 2.80. The summed E-state index contributed by atoms with van der Waals surface area (Å²) in [5.41, 5.74) is 3.20. The van der Waals surface area contributed by atoms with Gasteiger partial charge in [0.05, 0.1) is 6.54 Å². The maximum absolute atomic E-state index is 11.6. The summed E-state index contributed by atoms with van der Waals surface area (Å²) in [6, 6.07) is 7.74. The number of aromatic nitrogens is 2. The fraction of sp³-hybridized carbons (Fsp3) is 0.286. The van der Waals surface area contributed by atoms with Crippen LogP contribution in [0.5, 0.6) is 0 Å². The van der Waals surface area contributed by atoms with E-state index in [0.717, 1.165) is 18.4 Å². The van der Waals surface area contributed by atoms with Crippen molar-refractivity contribution in [3.63, 3.8) is 0 Å². The van der Waals surface area contributed by atoms with Gasteiger partial charge >= 0.3 is 5.69 Å². The molecule has 0 amide bonds. The predicted octanol–water partition coefficient (Wildman–Crippen LogP) is 1.07. The topological polar surface area (TPSA) is 54.9 Å². The van der Waals surface area contributed by atoms with Gasteiger partial charge in [0.15, 0.2) is 0 Å². The highest BCUT2D eigenvalue weighted by atomic mass is 16.2. The fourth-order valence-corrected chi connectivity index (χ4v) is 2.49. The third-order valence-electron chi connectivity index (χ3n) is 3.41. The molecule has 1 aliphatic rings. The highest BCUT2D eigenvalue weighted by Crippen LogP contribution is 2.22. The fourth-order valence-electron chi connectivity index (χ4n) is 2.49. The summed E-state index contributed by atoms with van der Waals surface area (Å²) in [6.45, 7) is 0.503. The van der Waals surface area contributed by atoms with Crippen LogP contribution < -0.4 is 11.2 Å². The van der Waals surface area contributed by atoms with E-state index < -0.39 is 0 Å². The van der Waals surface area contributed by atoms with Gasteiger partial charge in [-0.2, -0.15) is 0 Å². The first kappa shape index (κ1) is 11.0. The van der Waals surface area contributed by atoms with E-state index in [4.69, 9.17) is 0 Å². The van der Waals surface area contributed by atoms with Crippen LogP contribution in [0.2, 0.25) is 0 Å². The Morgan fingerprint density at radius 1 is 1.11 bits per heavy atom. The molecule has 4 heteroatoms. The van der Waals surface area contributed by atoms with Gasteiger partial charge in [-0.15, -0.1) is 0 Å². The molecule has 1 aromatic heterocycles. The highest BCUT2D eigenvalue weighted by molar-refractivity contribution is 5.35. The van der Waals surface area contributed by atoms with Gasteiger partial charge in [0.25, 0.3) is 5.56 Å². The predicted molar refractivity (Wildman–Crippen MR) is 68.9 cm³/mol. The van der Waals surface area contributed by atoms with Gasteiger partial charge in [-0.25, -0.2) is 4.79 Å². The van der Waals surface area contributed by atoms with Crippen molar-refractivity contribution >= 4 is 0 Å². The number of nitrogens with one attached hydrogen (secondary N) is 1. The van der Waals surface area contributed by atoms with Crippen molar-refractivity contribution in [1.82, 2.24) is 9.55 Å². The van der Waals surface area contributed by atoms with Crippen LogP contribution in [0.25, 0.3) is 0 Å². The molecule has 0 aliphatic heterocycles. The van der Waals surface area contributed by atoms with E-state index in [1.807, 2.05) is 0 Å². The van der Waals surface area contributed by atoms with E-state index in [9.17, 15) is 9.59 Å². The first-order valence-corrected chi connectivity index (χ1v) is 6.13. The lowest BCUT2D eigenvalue weighted by Crippen LogP contribution is -2.28. The summed E-state index contributed by atoms with van der Waals surface area (Å²) >= 11 is 0. The number of nitrogens with zero attached hydrogens (tertiary/aromatic N) is 1. The summed E-state index contributed by atoms with van der Waals surface area (Å²) in [6.07, 6.45) is 5.05. The SMILES string of the molecule is O=c1ccn(Cc2ccc3c(c2)CCC3)c(=O)[nH]1. The molecule has 92 valence electrons. The van der Waals surface area contributed by atoms with Crippen molar-refractivity contribution in [2.24, 2.45) is 0 Å². The van der Waals surface area contributed by atoms with E-state index in [0.29, 0.717) is 6.54 Å². The van der Waals surface area contributed by atoms with E-state index in [-0.39, 0.29) is 11.2 Å². The van der Waals surface area contributed by atoms with Crippen LogP contribution >= 0.6 is 0 Å². The summed E-state index contributed by atoms with van der Waals surface area (Å²) < 4.78 is 1.51. The van der Waals surface area contributed by atoms with Gasteiger partial charge in [0.1, 0.15) is 0 Å². The largest absolute Gasteiger partial charge is 0.328 e. The number of benzene rings is 1. The Bertz CT molecular complexity index is 697. The molecule has 0 spiro atoms. The molecule has 0 fully saturated rings. The Hall–Kier alpha value is -2.10. The lowest BCUT2D eigenvalue weighted by molar-refractivity contribution is 0.720. The molecule has 3 rings (SSSR count). The molecule has 2 aromatic rings. The second kappa shape index (κ2) is 4.29. The normalized spacial score (nSPS) is 13.6. The number of rotatable bonds is 2. The average molecular weight is 242 g/mol. The summed E-state index contributed by atoms with van der Waals surface area (Å²) in [5.74, 6) is 0. The summed E-state index contributed by atoms with van der Waals surface area (Å²) in [5, 5.41) is 0. The smallest absolute Gasteiger partial charge is 0.296 e. The van der Waals surface area contributed by atoms with E-state index in [2.05, 4.69) is 23.2 Å². The molecule has 0 saturated carbocycles. The second-order valence-corrected chi connectivity index (χ2v) is 4.69. The van der Waals surface area contributed by atoms with Gasteiger partial charge < -0.3 is 0 Å². The van der Waals surface area contributed by atoms with E-state index in [1.54, 1.807) is 0 Å². The first-order valence-electron chi connectivity index (χ1n) is 6.13. The van der Waals surface area contributed by atoms with Crippen LogP contribution in [0.15, 0.2) is 40.1 Å². The Kier molecular flexibility index (Phi) is 2.63. The van der Waals surface area contributed by atoms with E-state index in [1.165, 1.54) is 34.4 Å². The molecule has 0 saturated heterocycles. The number of fused-ring (bicyclic) bond motifs is 1. The summed E-state index contributed by atoms with van der Waals surface area (Å²) in [4.78, 5) is 24.8. The standard InChI is InChI=1S/C14H14N2O2/c17-13-6-7-16(14(18)15-13)9-10-4-5-11-2-1-3-12(11)8-10/h4-8H,1-3,9H2,(H,15,17,18). The minimum atomic E-state index is -0.358. The van der Waals surface area contributed by atoms with Gasteiger partial charge in [-0.05, 0) is 36.0 Å². The molecule has 0 bridgehead atoms. The number of hydrogen-bond donors (Lipinski definition) is 1. The van der Waals surface area contributed by atoms with Crippen molar-refractivity contribution in [2.45, 2.75) is 25.8 Å². The molecular weight excluding hydrogens is 228 g/mol. The third kappa shape index (κ3) is 2.01. The Balaban J connectivity index is 1.93. The van der Waals surface area contributed by atoms with Crippen LogP contribution in [0.4, 0.5) is 0 Å². The molecule has 18 heavy (non-hydrogen) atoms. The number of aryl methyl sites for hydroxylation is 2. The highest BCUT2D eigenvalue weighted by Gasteiger charge is 2.10. The summed E-state index contributed by atoms with van der Waals surface area (Å²) in [7, 11) is 0. The van der Waals surface area contributed by atoms with Crippen LogP contribution in [0.1, 0.15) is 23.1 Å². The number of H-pyrrole nitrogens is 1. The molecule has 4 nitrogen and oxygen atoms in total. The minimum absolute atomic E-state index is 0.356. The molecule has 0 radical (unpaired) electrons. The number of hydrogen-bond acceptors (Lipinski definition) is 2. The van der Waals surface area contributed by atoms with Gasteiger partial charge in [-0.1, -0.05) is 18.2 Å². The second-order valence-electron chi connectivity index (χ2n) is 4.69. The zero-order valence-corrected chi connectivity index (χ0v) is 9.98. The zero-order chi connectivity index (χ0) is 12.5. The van der Waals surface area contributed by atoms with Crippen molar-refractivity contribution in [2.75, 3.05) is 0 Å².